The van der Waals surface area contributed by atoms with Gasteiger partial charge in [0.2, 0.25) is 5.95 Å². The van der Waals surface area contributed by atoms with Crippen molar-refractivity contribution in [3.63, 3.8) is 0 Å². The Bertz CT molecular complexity index is 562. The number of nitrogens with zero attached hydrogens (tertiary/aromatic N) is 3. The lowest BCUT2D eigenvalue weighted by Gasteiger charge is -2.33. The van der Waals surface area contributed by atoms with Crippen LogP contribution in [0.1, 0.15) is 18.4 Å². The van der Waals surface area contributed by atoms with Crippen molar-refractivity contribution >= 4 is 11.8 Å². The van der Waals surface area contributed by atoms with Crippen LogP contribution in [0.25, 0.3) is 0 Å². The first kappa shape index (κ1) is 13.9. The molecule has 4 heteroatoms. The van der Waals surface area contributed by atoms with Crippen LogP contribution in [0, 0.1) is 5.92 Å². The number of aromatic nitrogens is 2. The number of anilines is 2. The highest BCUT2D eigenvalue weighted by Gasteiger charge is 2.20. The fraction of sp³-hybridized carbons (Fsp3) is 0.412. The number of piperidine rings is 1. The van der Waals surface area contributed by atoms with E-state index < -0.39 is 0 Å². The summed E-state index contributed by atoms with van der Waals surface area (Å²) in [5, 5.41) is 3.00. The first-order valence-corrected chi connectivity index (χ1v) is 7.65. The van der Waals surface area contributed by atoms with Crippen LogP contribution in [0.4, 0.5) is 11.8 Å². The van der Waals surface area contributed by atoms with Gasteiger partial charge in [0.05, 0.1) is 0 Å². The minimum Gasteiger partial charge on any atom is -0.357 e. The number of rotatable bonds is 4. The fourth-order valence-corrected chi connectivity index (χ4v) is 2.96. The van der Waals surface area contributed by atoms with Crippen LogP contribution < -0.4 is 10.2 Å². The molecule has 1 aliphatic rings. The van der Waals surface area contributed by atoms with E-state index in [4.69, 9.17) is 0 Å². The Kier molecular flexibility index (Phi) is 4.34. The Hall–Kier alpha value is -2.10. The predicted molar refractivity (Wildman–Crippen MR) is 86.7 cm³/mol. The average Bonchev–Trinajstić information content (AvgIpc) is 2.56. The van der Waals surface area contributed by atoms with Crippen molar-refractivity contribution in [2.75, 3.05) is 30.4 Å². The number of hydrogen-bond donors (Lipinski definition) is 1. The third-order valence-corrected chi connectivity index (χ3v) is 4.17. The van der Waals surface area contributed by atoms with Crippen LogP contribution >= 0.6 is 0 Å². The lowest BCUT2D eigenvalue weighted by atomic mass is 9.90. The first-order chi connectivity index (χ1) is 10.3. The Balaban J connectivity index is 1.57. The van der Waals surface area contributed by atoms with Crippen LogP contribution in [-0.2, 0) is 6.42 Å². The molecular weight excluding hydrogens is 260 g/mol. The van der Waals surface area contributed by atoms with E-state index in [9.17, 15) is 0 Å². The lowest BCUT2D eigenvalue weighted by molar-refractivity contribution is 0.402. The zero-order valence-electron chi connectivity index (χ0n) is 12.5. The number of hydrogen-bond acceptors (Lipinski definition) is 4. The topological polar surface area (TPSA) is 41.1 Å². The second-order valence-corrected chi connectivity index (χ2v) is 5.61. The lowest BCUT2D eigenvalue weighted by Crippen LogP contribution is -2.35. The molecule has 1 aromatic carbocycles. The maximum atomic E-state index is 4.53. The monoisotopic (exact) mass is 282 g/mol. The molecule has 0 spiro atoms. The van der Waals surface area contributed by atoms with Gasteiger partial charge in [-0.05, 0) is 36.8 Å². The van der Waals surface area contributed by atoms with Gasteiger partial charge in [-0.25, -0.2) is 4.98 Å². The molecule has 1 fully saturated rings. The van der Waals surface area contributed by atoms with E-state index in [1.807, 2.05) is 19.3 Å². The molecule has 2 heterocycles. The molecule has 1 N–H and O–H groups in total. The van der Waals surface area contributed by atoms with Gasteiger partial charge >= 0.3 is 0 Å². The summed E-state index contributed by atoms with van der Waals surface area (Å²) in [6, 6.07) is 12.8. The van der Waals surface area contributed by atoms with Crippen LogP contribution in [0.3, 0.4) is 0 Å². The van der Waals surface area contributed by atoms with E-state index in [1.54, 1.807) is 0 Å². The van der Waals surface area contributed by atoms with E-state index in [1.165, 1.54) is 24.8 Å². The van der Waals surface area contributed by atoms with Gasteiger partial charge in [0.1, 0.15) is 5.82 Å². The van der Waals surface area contributed by atoms with E-state index in [0.29, 0.717) is 5.95 Å². The van der Waals surface area contributed by atoms with E-state index >= 15 is 0 Å². The zero-order valence-corrected chi connectivity index (χ0v) is 12.5. The Labute approximate surface area is 126 Å². The Morgan fingerprint density at radius 3 is 2.62 bits per heavy atom. The summed E-state index contributed by atoms with van der Waals surface area (Å²) in [6.07, 6.45) is 5.48. The molecule has 4 nitrogen and oxygen atoms in total. The molecule has 110 valence electrons. The zero-order chi connectivity index (χ0) is 14.5. The Morgan fingerprint density at radius 1 is 1.14 bits per heavy atom. The summed E-state index contributed by atoms with van der Waals surface area (Å²) in [7, 11) is 1.85. The third kappa shape index (κ3) is 3.51. The standard InChI is InChI=1S/C17H22N4/c1-18-17-19-10-7-16(20-17)21-11-8-15(9-12-21)13-14-5-3-2-4-6-14/h2-7,10,15H,8-9,11-13H2,1H3,(H,18,19,20). The molecule has 1 aliphatic heterocycles. The normalized spacial score (nSPS) is 16.0. The summed E-state index contributed by atoms with van der Waals surface area (Å²) in [6.45, 7) is 2.16. The average molecular weight is 282 g/mol. The second-order valence-electron chi connectivity index (χ2n) is 5.61. The van der Waals surface area contributed by atoms with Crippen molar-refractivity contribution in [3.05, 3.63) is 48.2 Å². The van der Waals surface area contributed by atoms with Gasteiger partial charge in [0, 0.05) is 26.3 Å². The molecule has 0 unspecified atom stereocenters. The molecule has 0 radical (unpaired) electrons. The molecule has 0 saturated carbocycles. The molecule has 0 atom stereocenters. The first-order valence-electron chi connectivity index (χ1n) is 7.65. The van der Waals surface area contributed by atoms with Crippen molar-refractivity contribution in [2.24, 2.45) is 5.92 Å². The van der Waals surface area contributed by atoms with E-state index in [-0.39, 0.29) is 0 Å². The van der Waals surface area contributed by atoms with Crippen LogP contribution in [0.2, 0.25) is 0 Å². The van der Waals surface area contributed by atoms with Gasteiger partial charge in [-0.15, -0.1) is 0 Å². The smallest absolute Gasteiger partial charge is 0.224 e. The highest BCUT2D eigenvalue weighted by molar-refractivity contribution is 5.42. The van der Waals surface area contributed by atoms with Crippen molar-refractivity contribution < 1.29 is 0 Å². The molecule has 1 saturated heterocycles. The van der Waals surface area contributed by atoms with E-state index in [2.05, 4.69) is 50.5 Å². The van der Waals surface area contributed by atoms with Crippen molar-refractivity contribution in [3.8, 4) is 0 Å². The predicted octanol–water partition coefficient (Wildman–Crippen LogP) is 2.98. The highest BCUT2D eigenvalue weighted by atomic mass is 15.2. The van der Waals surface area contributed by atoms with Crippen molar-refractivity contribution in [2.45, 2.75) is 19.3 Å². The van der Waals surface area contributed by atoms with E-state index in [0.717, 1.165) is 24.8 Å². The largest absolute Gasteiger partial charge is 0.357 e. The highest BCUT2D eigenvalue weighted by Crippen LogP contribution is 2.24. The summed E-state index contributed by atoms with van der Waals surface area (Å²) in [4.78, 5) is 11.1. The summed E-state index contributed by atoms with van der Waals surface area (Å²) >= 11 is 0. The van der Waals surface area contributed by atoms with Crippen LogP contribution in [0.15, 0.2) is 42.6 Å². The van der Waals surface area contributed by atoms with Crippen molar-refractivity contribution in [1.29, 1.82) is 0 Å². The maximum Gasteiger partial charge on any atom is 0.224 e. The van der Waals surface area contributed by atoms with Gasteiger partial charge in [-0.3, -0.25) is 0 Å². The molecule has 0 bridgehead atoms. The van der Waals surface area contributed by atoms with Gasteiger partial charge in [0.15, 0.2) is 0 Å². The fourth-order valence-electron chi connectivity index (χ4n) is 2.96. The van der Waals surface area contributed by atoms with Gasteiger partial charge in [-0.1, -0.05) is 30.3 Å². The summed E-state index contributed by atoms with van der Waals surface area (Å²) < 4.78 is 0. The SMILES string of the molecule is CNc1nccc(N2CCC(Cc3ccccc3)CC2)n1. The minimum absolute atomic E-state index is 0.693. The summed E-state index contributed by atoms with van der Waals surface area (Å²) in [5.74, 6) is 2.51. The molecule has 3 rings (SSSR count). The third-order valence-electron chi connectivity index (χ3n) is 4.17. The molecule has 2 aromatic rings. The second kappa shape index (κ2) is 6.57. The molecule has 21 heavy (non-hydrogen) atoms. The molecule has 0 aliphatic carbocycles. The minimum atomic E-state index is 0.693. The number of benzene rings is 1. The van der Waals surface area contributed by atoms with Crippen LogP contribution in [-0.4, -0.2) is 30.1 Å². The molecule has 0 amide bonds. The Morgan fingerprint density at radius 2 is 1.90 bits per heavy atom. The van der Waals surface area contributed by atoms with Gasteiger partial charge < -0.3 is 10.2 Å². The summed E-state index contributed by atoms with van der Waals surface area (Å²) in [5.41, 5.74) is 1.45. The quantitative estimate of drug-likeness (QED) is 0.936. The van der Waals surface area contributed by atoms with Gasteiger partial charge in [-0.2, -0.15) is 4.98 Å². The van der Waals surface area contributed by atoms with Gasteiger partial charge in [0.25, 0.3) is 0 Å². The molecule has 1 aromatic heterocycles. The maximum absolute atomic E-state index is 4.53. The molecular formula is C17H22N4. The van der Waals surface area contributed by atoms with Crippen molar-refractivity contribution in [1.82, 2.24) is 9.97 Å². The van der Waals surface area contributed by atoms with Crippen LogP contribution in [0.5, 0.6) is 0 Å². The number of nitrogens with one attached hydrogen (secondary N) is 1.